The Labute approximate surface area is 199 Å². The minimum absolute atomic E-state index is 0.130. The van der Waals surface area contributed by atoms with Gasteiger partial charge in [-0.3, -0.25) is 14.4 Å². The molecule has 0 atom stereocenters. The van der Waals surface area contributed by atoms with Crippen LogP contribution in [0.3, 0.4) is 0 Å². The number of carboxylic acids is 2. The Hall–Kier alpha value is -3.68. The largest absolute Gasteiger partial charge is 0.491 e. The fourth-order valence-electron chi connectivity index (χ4n) is 3.29. The van der Waals surface area contributed by atoms with Crippen molar-refractivity contribution in [3.63, 3.8) is 0 Å². The van der Waals surface area contributed by atoms with E-state index in [-0.39, 0.29) is 18.5 Å². The van der Waals surface area contributed by atoms with E-state index in [2.05, 4.69) is 17.2 Å². The van der Waals surface area contributed by atoms with Crippen molar-refractivity contribution in [2.24, 2.45) is 0 Å². The maximum absolute atomic E-state index is 12.7. The number of hydrogen-bond acceptors (Lipinski definition) is 5. The fourth-order valence-corrected chi connectivity index (χ4v) is 3.29. The van der Waals surface area contributed by atoms with Crippen LogP contribution >= 0.6 is 0 Å². The van der Waals surface area contributed by atoms with Gasteiger partial charge in [-0.05, 0) is 42.3 Å². The number of ether oxygens (including phenoxy) is 1. The summed E-state index contributed by atoms with van der Waals surface area (Å²) in [6.45, 7) is 2.69. The van der Waals surface area contributed by atoms with Crippen LogP contribution in [0.15, 0.2) is 42.5 Å². The van der Waals surface area contributed by atoms with Gasteiger partial charge in [0.05, 0.1) is 19.4 Å². The summed E-state index contributed by atoms with van der Waals surface area (Å²) in [4.78, 5) is 38.9. The third kappa shape index (κ3) is 9.85. The van der Waals surface area contributed by atoms with Gasteiger partial charge in [-0.1, -0.05) is 57.2 Å². The zero-order valence-electron chi connectivity index (χ0n) is 19.5. The van der Waals surface area contributed by atoms with E-state index in [4.69, 9.17) is 14.9 Å². The van der Waals surface area contributed by atoms with Crippen LogP contribution in [0.2, 0.25) is 0 Å². The first-order valence-corrected chi connectivity index (χ1v) is 11.5. The summed E-state index contributed by atoms with van der Waals surface area (Å²) in [5, 5.41) is 20.6. The van der Waals surface area contributed by atoms with Crippen LogP contribution in [0.1, 0.15) is 73.6 Å². The number of amides is 1. The van der Waals surface area contributed by atoms with Gasteiger partial charge in [0.2, 0.25) is 0 Å². The van der Waals surface area contributed by atoms with Crippen molar-refractivity contribution < 1.29 is 29.3 Å². The summed E-state index contributed by atoms with van der Waals surface area (Å²) < 4.78 is 5.86. The number of anilines is 1. The average molecular weight is 469 g/mol. The molecule has 0 spiro atoms. The Morgan fingerprint density at radius 2 is 1.76 bits per heavy atom. The topological polar surface area (TPSA) is 126 Å². The molecule has 0 saturated carbocycles. The predicted octanol–water partition coefficient (Wildman–Crippen LogP) is 5.19. The fraction of sp³-hybridized carbons (Fsp3) is 0.385. The minimum atomic E-state index is -0.971. The molecule has 34 heavy (non-hydrogen) atoms. The number of benzene rings is 1. The summed E-state index contributed by atoms with van der Waals surface area (Å²) in [6.07, 6.45) is 9.44. The van der Waals surface area contributed by atoms with E-state index in [0.29, 0.717) is 29.3 Å². The molecule has 0 fully saturated rings. The molecule has 1 aromatic heterocycles. The molecule has 182 valence electrons. The second-order valence-corrected chi connectivity index (χ2v) is 7.92. The highest BCUT2D eigenvalue weighted by Gasteiger charge is 2.13. The lowest BCUT2D eigenvalue weighted by Crippen LogP contribution is -2.15. The molecule has 2 rings (SSSR count). The molecule has 1 aromatic carbocycles. The standard InChI is InChI=1S/C26H32N2O6/c1-2-3-4-5-6-7-16-34-23-15-14-22(28-21(23)12-9-13-24(29)30)26(33)27-20-11-8-10-19(17-20)18-25(31)32/h8-12,14-15,17H,2-7,13,16,18H2,1H3,(H,27,33)(H,29,30)(H,31,32). The van der Waals surface area contributed by atoms with Crippen molar-refractivity contribution in [2.45, 2.75) is 58.3 Å². The molecule has 1 amide bonds. The van der Waals surface area contributed by atoms with E-state index >= 15 is 0 Å². The number of pyridine rings is 1. The van der Waals surface area contributed by atoms with Gasteiger partial charge in [0.15, 0.2) is 0 Å². The molecule has 0 saturated heterocycles. The summed E-state index contributed by atoms with van der Waals surface area (Å²) >= 11 is 0. The zero-order valence-corrected chi connectivity index (χ0v) is 19.5. The molecule has 0 aliphatic heterocycles. The van der Waals surface area contributed by atoms with Crippen LogP contribution in [-0.4, -0.2) is 39.6 Å². The number of nitrogens with one attached hydrogen (secondary N) is 1. The lowest BCUT2D eigenvalue weighted by Gasteiger charge is -2.11. The average Bonchev–Trinajstić information content (AvgIpc) is 2.78. The van der Waals surface area contributed by atoms with Crippen LogP contribution < -0.4 is 10.1 Å². The van der Waals surface area contributed by atoms with Crippen molar-refractivity contribution in [2.75, 3.05) is 11.9 Å². The van der Waals surface area contributed by atoms with Crippen LogP contribution in [0.25, 0.3) is 6.08 Å². The van der Waals surface area contributed by atoms with Crippen molar-refractivity contribution in [1.29, 1.82) is 0 Å². The lowest BCUT2D eigenvalue weighted by atomic mass is 10.1. The maximum atomic E-state index is 12.7. The van der Waals surface area contributed by atoms with Gasteiger partial charge in [-0.25, -0.2) is 4.98 Å². The maximum Gasteiger partial charge on any atom is 0.307 e. The summed E-state index contributed by atoms with van der Waals surface area (Å²) in [5.41, 5.74) is 1.52. The number of carbonyl (C=O) groups excluding carboxylic acids is 1. The SMILES string of the molecule is CCCCCCCCOc1ccc(C(=O)Nc2cccc(CC(=O)O)c2)nc1C=CCC(=O)O. The summed E-state index contributed by atoms with van der Waals surface area (Å²) in [6, 6.07) is 9.79. The molecule has 0 aliphatic carbocycles. The quantitative estimate of drug-likeness (QED) is 0.307. The molecule has 3 N–H and O–H groups in total. The first kappa shape index (κ1) is 26.6. The second kappa shape index (κ2) is 14.5. The van der Waals surface area contributed by atoms with Crippen molar-refractivity contribution in [3.8, 4) is 5.75 Å². The van der Waals surface area contributed by atoms with Crippen LogP contribution in [0.4, 0.5) is 5.69 Å². The third-order valence-electron chi connectivity index (χ3n) is 4.98. The zero-order chi connectivity index (χ0) is 24.8. The van der Waals surface area contributed by atoms with Crippen LogP contribution in [0, 0.1) is 0 Å². The second-order valence-electron chi connectivity index (χ2n) is 7.92. The monoisotopic (exact) mass is 468 g/mol. The van der Waals surface area contributed by atoms with Gasteiger partial charge in [0.1, 0.15) is 17.1 Å². The number of carbonyl (C=O) groups is 3. The highest BCUT2D eigenvalue weighted by Crippen LogP contribution is 2.21. The van der Waals surface area contributed by atoms with Crippen LogP contribution in [-0.2, 0) is 16.0 Å². The highest BCUT2D eigenvalue weighted by molar-refractivity contribution is 6.03. The van der Waals surface area contributed by atoms with Gasteiger partial charge in [-0.15, -0.1) is 0 Å². The molecule has 1 heterocycles. The van der Waals surface area contributed by atoms with E-state index < -0.39 is 17.8 Å². The molecule has 0 unspecified atom stereocenters. The molecular formula is C26H32N2O6. The Bertz CT molecular complexity index is 1000. The molecule has 8 heteroatoms. The van der Waals surface area contributed by atoms with Crippen molar-refractivity contribution in [1.82, 2.24) is 4.98 Å². The Kier molecular flexibility index (Phi) is 11.3. The molecule has 0 aliphatic rings. The number of nitrogens with zero attached hydrogens (tertiary/aromatic N) is 1. The molecule has 0 bridgehead atoms. The summed E-state index contributed by atoms with van der Waals surface area (Å²) in [5.74, 6) is -1.92. The van der Waals surface area contributed by atoms with E-state index in [9.17, 15) is 14.4 Å². The van der Waals surface area contributed by atoms with Crippen molar-refractivity contribution in [3.05, 3.63) is 59.4 Å². The third-order valence-corrected chi connectivity index (χ3v) is 4.98. The number of aliphatic carboxylic acids is 2. The first-order chi connectivity index (χ1) is 16.4. The first-order valence-electron chi connectivity index (χ1n) is 11.5. The van der Waals surface area contributed by atoms with Gasteiger partial charge in [-0.2, -0.15) is 0 Å². The lowest BCUT2D eigenvalue weighted by molar-refractivity contribution is -0.137. The van der Waals surface area contributed by atoms with E-state index in [1.165, 1.54) is 31.4 Å². The minimum Gasteiger partial charge on any atom is -0.491 e. The van der Waals surface area contributed by atoms with Gasteiger partial charge in [0, 0.05) is 5.69 Å². The molecule has 8 nitrogen and oxygen atoms in total. The Balaban J connectivity index is 2.08. The number of unbranched alkanes of at least 4 members (excludes halogenated alkanes) is 5. The predicted molar refractivity (Wildman–Crippen MR) is 130 cm³/mol. The van der Waals surface area contributed by atoms with Crippen molar-refractivity contribution >= 4 is 29.6 Å². The summed E-state index contributed by atoms with van der Waals surface area (Å²) in [7, 11) is 0. The van der Waals surface area contributed by atoms with E-state index in [1.807, 2.05) is 0 Å². The van der Waals surface area contributed by atoms with Gasteiger partial charge in [0.25, 0.3) is 5.91 Å². The number of carboxylic acid groups (broad SMARTS) is 2. The molecule has 0 radical (unpaired) electrons. The number of rotatable bonds is 15. The smallest absolute Gasteiger partial charge is 0.307 e. The normalized spacial score (nSPS) is 10.9. The van der Waals surface area contributed by atoms with Gasteiger partial charge < -0.3 is 20.3 Å². The number of hydrogen-bond donors (Lipinski definition) is 3. The highest BCUT2D eigenvalue weighted by atomic mass is 16.5. The van der Waals surface area contributed by atoms with E-state index in [1.54, 1.807) is 36.4 Å². The molecule has 2 aromatic rings. The van der Waals surface area contributed by atoms with Gasteiger partial charge >= 0.3 is 11.9 Å². The number of aromatic nitrogens is 1. The Morgan fingerprint density at radius 3 is 2.50 bits per heavy atom. The Morgan fingerprint density at radius 1 is 1.00 bits per heavy atom. The van der Waals surface area contributed by atoms with Crippen LogP contribution in [0.5, 0.6) is 5.75 Å². The molecular weight excluding hydrogens is 436 g/mol. The van der Waals surface area contributed by atoms with E-state index in [0.717, 1.165) is 19.3 Å².